The van der Waals surface area contributed by atoms with Crippen LogP contribution in [0.25, 0.3) is 0 Å². The zero-order valence-corrected chi connectivity index (χ0v) is 18.6. The average Bonchev–Trinajstić information content (AvgIpc) is 2.99. The number of sulfonamides is 1. The van der Waals surface area contributed by atoms with E-state index in [0.717, 1.165) is 24.1 Å². The molecule has 7 heteroatoms. The van der Waals surface area contributed by atoms with Gasteiger partial charge in [-0.15, -0.1) is 0 Å². The van der Waals surface area contributed by atoms with Crippen LogP contribution in [0.3, 0.4) is 0 Å². The van der Waals surface area contributed by atoms with Crippen LogP contribution in [-0.2, 0) is 14.8 Å². The minimum atomic E-state index is -3.48. The molecule has 30 heavy (non-hydrogen) atoms. The Morgan fingerprint density at radius 1 is 1.00 bits per heavy atom. The number of carbonyl (C=O) groups excluding carboxylic acids is 1. The van der Waals surface area contributed by atoms with Gasteiger partial charge in [0.05, 0.1) is 10.9 Å². The molecule has 2 aromatic rings. The number of nitrogens with one attached hydrogen (secondary N) is 1. The smallest absolute Gasteiger partial charge is 0.243 e. The molecular formula is C23H31N3O3S. The lowest BCUT2D eigenvalue weighted by Gasteiger charge is -2.22. The Morgan fingerprint density at radius 3 is 2.40 bits per heavy atom. The third-order valence-electron chi connectivity index (χ3n) is 5.54. The minimum absolute atomic E-state index is 0.0136. The molecule has 1 saturated heterocycles. The molecule has 0 aromatic heterocycles. The summed E-state index contributed by atoms with van der Waals surface area (Å²) >= 11 is 0. The van der Waals surface area contributed by atoms with Gasteiger partial charge in [-0.1, -0.05) is 48.0 Å². The van der Waals surface area contributed by atoms with Crippen molar-refractivity contribution < 1.29 is 13.2 Å². The molecule has 0 saturated carbocycles. The first-order chi connectivity index (χ1) is 14.4. The summed E-state index contributed by atoms with van der Waals surface area (Å²) in [6.45, 7) is 6.92. The molecule has 3 rings (SSSR count). The predicted octanol–water partition coefficient (Wildman–Crippen LogP) is 2.96. The number of carbonyl (C=O) groups is 1. The highest BCUT2D eigenvalue weighted by atomic mass is 32.2. The summed E-state index contributed by atoms with van der Waals surface area (Å²) in [5.41, 5.74) is 2.12. The Hall–Kier alpha value is -2.22. The highest BCUT2D eigenvalue weighted by Gasteiger charge is 2.27. The molecule has 1 aliphatic heterocycles. The molecular weight excluding hydrogens is 398 g/mol. The van der Waals surface area contributed by atoms with Crippen LogP contribution in [-0.4, -0.2) is 56.3 Å². The highest BCUT2D eigenvalue weighted by molar-refractivity contribution is 7.89. The Labute approximate surface area is 179 Å². The topological polar surface area (TPSA) is 69.7 Å². The fourth-order valence-corrected chi connectivity index (χ4v) is 5.14. The van der Waals surface area contributed by atoms with E-state index in [9.17, 15) is 13.2 Å². The van der Waals surface area contributed by atoms with E-state index in [1.165, 1.54) is 0 Å². The number of hydrogen-bond acceptors (Lipinski definition) is 4. The summed E-state index contributed by atoms with van der Waals surface area (Å²) in [6.07, 6.45) is 1.16. The van der Waals surface area contributed by atoms with Crippen molar-refractivity contribution in [1.82, 2.24) is 14.5 Å². The van der Waals surface area contributed by atoms with Gasteiger partial charge in [0.1, 0.15) is 0 Å². The van der Waals surface area contributed by atoms with Gasteiger partial charge in [0.2, 0.25) is 15.9 Å². The van der Waals surface area contributed by atoms with Crippen molar-refractivity contribution in [2.45, 2.75) is 37.6 Å². The molecule has 1 heterocycles. The minimum Gasteiger partial charge on any atom is -0.350 e. The zero-order chi connectivity index (χ0) is 21.6. The van der Waals surface area contributed by atoms with Crippen LogP contribution in [0.15, 0.2) is 59.5 Å². The standard InChI is InChI=1S/C23H31N3O3S/c1-19-9-11-22(12-10-19)30(28,29)26-15-6-14-25(17-18-26)16-13-23(27)24-20(2)21-7-4-3-5-8-21/h3-5,7-12,20H,6,13-18H2,1-2H3,(H,24,27)/t20-/m0/s1. The van der Waals surface area contributed by atoms with Crippen molar-refractivity contribution in [3.05, 3.63) is 65.7 Å². The second-order valence-corrected chi connectivity index (χ2v) is 9.80. The molecule has 0 spiro atoms. The Kier molecular flexibility index (Phi) is 7.64. The second-order valence-electron chi connectivity index (χ2n) is 7.86. The molecule has 1 atom stereocenters. The summed E-state index contributed by atoms with van der Waals surface area (Å²) in [5, 5.41) is 3.04. The number of amides is 1. The van der Waals surface area contributed by atoms with Crippen LogP contribution < -0.4 is 5.32 Å². The number of rotatable bonds is 7. The van der Waals surface area contributed by atoms with Crippen LogP contribution in [0.4, 0.5) is 0 Å². The van der Waals surface area contributed by atoms with Gasteiger partial charge in [0.15, 0.2) is 0 Å². The van der Waals surface area contributed by atoms with Gasteiger partial charge < -0.3 is 10.2 Å². The lowest BCUT2D eigenvalue weighted by molar-refractivity contribution is -0.122. The maximum absolute atomic E-state index is 12.9. The van der Waals surface area contributed by atoms with Crippen molar-refractivity contribution in [3.8, 4) is 0 Å². The molecule has 0 unspecified atom stereocenters. The maximum atomic E-state index is 12.9. The highest BCUT2D eigenvalue weighted by Crippen LogP contribution is 2.18. The largest absolute Gasteiger partial charge is 0.350 e. The zero-order valence-electron chi connectivity index (χ0n) is 17.8. The number of aryl methyl sites for hydroxylation is 1. The molecule has 2 aromatic carbocycles. The molecule has 0 aliphatic carbocycles. The third-order valence-corrected chi connectivity index (χ3v) is 7.45. The molecule has 162 valence electrons. The SMILES string of the molecule is Cc1ccc(S(=O)(=O)N2CCCN(CCC(=O)N[C@@H](C)c3ccccc3)CC2)cc1. The summed E-state index contributed by atoms with van der Waals surface area (Å²) in [7, 11) is -3.48. The van der Waals surface area contributed by atoms with Gasteiger partial charge in [0, 0.05) is 32.6 Å². The van der Waals surface area contributed by atoms with E-state index >= 15 is 0 Å². The van der Waals surface area contributed by atoms with Crippen LogP contribution in [0.2, 0.25) is 0 Å². The third kappa shape index (κ3) is 5.90. The summed E-state index contributed by atoms with van der Waals surface area (Å²) < 4.78 is 27.4. The van der Waals surface area contributed by atoms with Crippen LogP contribution in [0, 0.1) is 6.92 Å². The number of nitrogens with zero attached hydrogens (tertiary/aromatic N) is 2. The predicted molar refractivity (Wildman–Crippen MR) is 119 cm³/mol. The van der Waals surface area contributed by atoms with Gasteiger partial charge in [-0.2, -0.15) is 4.31 Å². The van der Waals surface area contributed by atoms with Crippen LogP contribution in [0.5, 0.6) is 0 Å². The fourth-order valence-electron chi connectivity index (χ4n) is 3.67. The van der Waals surface area contributed by atoms with Crippen molar-refractivity contribution in [1.29, 1.82) is 0 Å². The Bertz CT molecular complexity index is 930. The van der Waals surface area contributed by atoms with E-state index in [-0.39, 0.29) is 11.9 Å². The summed E-state index contributed by atoms with van der Waals surface area (Å²) in [6, 6.07) is 16.9. The van der Waals surface area contributed by atoms with Crippen LogP contribution in [0.1, 0.15) is 36.9 Å². The summed E-state index contributed by atoms with van der Waals surface area (Å²) in [4.78, 5) is 14.9. The average molecular weight is 430 g/mol. The molecule has 0 bridgehead atoms. The second kappa shape index (κ2) is 10.2. The molecule has 1 N–H and O–H groups in total. The summed E-state index contributed by atoms with van der Waals surface area (Å²) in [5.74, 6) is 0.0136. The lowest BCUT2D eigenvalue weighted by Crippen LogP contribution is -2.36. The molecule has 1 aliphatic rings. The van der Waals surface area contributed by atoms with E-state index < -0.39 is 10.0 Å². The lowest BCUT2D eigenvalue weighted by atomic mass is 10.1. The van der Waals surface area contributed by atoms with Crippen molar-refractivity contribution in [2.24, 2.45) is 0 Å². The van der Waals surface area contributed by atoms with Gasteiger partial charge in [-0.05, 0) is 44.5 Å². The quantitative estimate of drug-likeness (QED) is 0.735. The molecule has 1 fully saturated rings. The van der Waals surface area contributed by atoms with E-state index in [1.807, 2.05) is 56.3 Å². The molecule has 6 nitrogen and oxygen atoms in total. The number of hydrogen-bond donors (Lipinski definition) is 1. The van der Waals surface area contributed by atoms with Gasteiger partial charge in [-0.25, -0.2) is 8.42 Å². The number of benzene rings is 2. The van der Waals surface area contributed by atoms with Crippen molar-refractivity contribution >= 4 is 15.9 Å². The molecule has 0 radical (unpaired) electrons. The molecule has 1 amide bonds. The monoisotopic (exact) mass is 429 g/mol. The first-order valence-corrected chi connectivity index (χ1v) is 11.9. The van der Waals surface area contributed by atoms with Crippen molar-refractivity contribution in [3.63, 3.8) is 0 Å². The maximum Gasteiger partial charge on any atom is 0.243 e. The van der Waals surface area contributed by atoms with Gasteiger partial charge in [0.25, 0.3) is 0 Å². The first-order valence-electron chi connectivity index (χ1n) is 10.5. The van der Waals surface area contributed by atoms with Crippen LogP contribution >= 0.6 is 0 Å². The van der Waals surface area contributed by atoms with E-state index in [1.54, 1.807) is 16.4 Å². The van der Waals surface area contributed by atoms with Gasteiger partial charge >= 0.3 is 0 Å². The normalized spacial score (nSPS) is 17.3. The first kappa shape index (κ1) is 22.5. The Balaban J connectivity index is 1.49. The van der Waals surface area contributed by atoms with Gasteiger partial charge in [-0.3, -0.25) is 4.79 Å². The fraction of sp³-hybridized carbons (Fsp3) is 0.435. The Morgan fingerprint density at radius 2 is 1.70 bits per heavy atom. The van der Waals surface area contributed by atoms with E-state index in [4.69, 9.17) is 0 Å². The van der Waals surface area contributed by atoms with E-state index in [2.05, 4.69) is 10.2 Å². The van der Waals surface area contributed by atoms with E-state index in [0.29, 0.717) is 37.5 Å². The van der Waals surface area contributed by atoms with Crippen molar-refractivity contribution in [2.75, 3.05) is 32.7 Å².